The van der Waals surface area contributed by atoms with Gasteiger partial charge in [0.25, 0.3) is 0 Å². The summed E-state index contributed by atoms with van der Waals surface area (Å²) in [7, 11) is 0. The molecule has 0 spiro atoms. The Balaban J connectivity index is 2.25. The van der Waals surface area contributed by atoms with Gasteiger partial charge in [-0.05, 0) is 32.6 Å². The van der Waals surface area contributed by atoms with E-state index in [0.29, 0.717) is 18.9 Å². The molecule has 20 heavy (non-hydrogen) atoms. The van der Waals surface area contributed by atoms with Crippen molar-refractivity contribution in [2.24, 2.45) is 5.92 Å². The number of hydrogen-bond donors (Lipinski definition) is 3. The molecule has 1 aromatic heterocycles. The van der Waals surface area contributed by atoms with Crippen LogP contribution in [0.25, 0.3) is 0 Å². The molecule has 0 fully saturated rings. The zero-order valence-electron chi connectivity index (χ0n) is 12.7. The van der Waals surface area contributed by atoms with Crippen molar-refractivity contribution in [2.45, 2.75) is 52.7 Å². The molecule has 1 heterocycles. The predicted molar refractivity (Wildman–Crippen MR) is 81.8 cm³/mol. The molecule has 1 atom stereocenters. The van der Waals surface area contributed by atoms with Gasteiger partial charge in [-0.15, -0.1) is 11.3 Å². The zero-order valence-corrected chi connectivity index (χ0v) is 13.5. The van der Waals surface area contributed by atoms with E-state index in [2.05, 4.69) is 29.5 Å². The summed E-state index contributed by atoms with van der Waals surface area (Å²) < 4.78 is 0. The topological polar surface area (TPSA) is 74.2 Å². The zero-order chi connectivity index (χ0) is 15.2. The van der Waals surface area contributed by atoms with Crippen LogP contribution in [0.3, 0.4) is 0 Å². The minimum absolute atomic E-state index is 0.257. The van der Waals surface area contributed by atoms with Gasteiger partial charge in [-0.25, -0.2) is 9.78 Å². The number of aliphatic hydroxyl groups is 1. The average Bonchev–Trinajstić information content (AvgIpc) is 2.78. The maximum absolute atomic E-state index is 11.7. The Labute approximate surface area is 124 Å². The van der Waals surface area contributed by atoms with Gasteiger partial charge in [-0.3, -0.25) is 0 Å². The fourth-order valence-corrected chi connectivity index (χ4v) is 2.41. The second-order valence-corrected chi connectivity index (χ2v) is 7.13. The molecule has 1 aromatic rings. The van der Waals surface area contributed by atoms with Crippen LogP contribution in [-0.4, -0.2) is 28.3 Å². The quantitative estimate of drug-likeness (QED) is 0.724. The summed E-state index contributed by atoms with van der Waals surface area (Å²) in [6.45, 7) is 8.64. The third-order valence-electron chi connectivity index (χ3n) is 2.98. The molecule has 0 radical (unpaired) electrons. The van der Waals surface area contributed by atoms with Gasteiger partial charge >= 0.3 is 6.03 Å². The fourth-order valence-electron chi connectivity index (χ4n) is 1.68. The molecule has 3 N–H and O–H groups in total. The summed E-state index contributed by atoms with van der Waals surface area (Å²) in [4.78, 5) is 16.8. The number of nitrogens with zero attached hydrogens (tertiary/aromatic N) is 1. The van der Waals surface area contributed by atoms with Crippen LogP contribution in [0.1, 0.15) is 43.5 Å². The van der Waals surface area contributed by atoms with E-state index < -0.39 is 5.60 Å². The summed E-state index contributed by atoms with van der Waals surface area (Å²) in [5, 5.41) is 16.6. The summed E-state index contributed by atoms with van der Waals surface area (Å²) >= 11 is 1.56. The number of nitrogens with one attached hydrogen (secondary N) is 2. The average molecular weight is 299 g/mol. The van der Waals surface area contributed by atoms with E-state index in [9.17, 15) is 9.90 Å². The van der Waals surface area contributed by atoms with Crippen LogP contribution in [0, 0.1) is 12.8 Å². The van der Waals surface area contributed by atoms with Crippen LogP contribution < -0.4 is 10.6 Å². The Bertz CT molecular complexity index is 430. The van der Waals surface area contributed by atoms with Crippen molar-refractivity contribution < 1.29 is 9.90 Å². The monoisotopic (exact) mass is 299 g/mol. The smallest absolute Gasteiger partial charge is 0.315 e. The third kappa shape index (κ3) is 6.86. The highest BCUT2D eigenvalue weighted by atomic mass is 32.1. The molecule has 0 aromatic carbocycles. The SMILES string of the molecule is Cc1ncc(CNC(=O)NCC(C)(O)CCC(C)C)s1. The first-order chi connectivity index (χ1) is 9.28. The standard InChI is InChI=1S/C14H25N3O2S/c1-10(2)5-6-14(4,19)9-17-13(18)16-8-12-7-15-11(3)20-12/h7,10,19H,5-6,8-9H2,1-4H3,(H2,16,17,18). The molecule has 0 aliphatic rings. The number of aromatic nitrogens is 1. The summed E-state index contributed by atoms with van der Waals surface area (Å²) in [5.74, 6) is 0.546. The molecule has 0 saturated carbocycles. The maximum Gasteiger partial charge on any atom is 0.315 e. The van der Waals surface area contributed by atoms with Crippen LogP contribution in [0.2, 0.25) is 0 Å². The number of urea groups is 1. The van der Waals surface area contributed by atoms with Gasteiger partial charge in [0.15, 0.2) is 0 Å². The Morgan fingerprint density at radius 1 is 1.50 bits per heavy atom. The second kappa shape index (κ2) is 7.59. The van der Waals surface area contributed by atoms with Crippen molar-refractivity contribution >= 4 is 17.4 Å². The van der Waals surface area contributed by atoms with E-state index in [1.54, 1.807) is 24.5 Å². The lowest BCUT2D eigenvalue weighted by atomic mass is 9.95. The number of hydrogen-bond acceptors (Lipinski definition) is 4. The number of thiazole rings is 1. The van der Waals surface area contributed by atoms with E-state index >= 15 is 0 Å². The molecule has 2 amide bonds. The first-order valence-electron chi connectivity index (χ1n) is 6.94. The van der Waals surface area contributed by atoms with Crippen molar-refractivity contribution in [3.05, 3.63) is 16.1 Å². The molecule has 0 saturated heterocycles. The molecule has 5 nitrogen and oxygen atoms in total. The Hall–Kier alpha value is -1.14. The van der Waals surface area contributed by atoms with Gasteiger partial charge in [0.05, 0.1) is 17.2 Å². The highest BCUT2D eigenvalue weighted by Gasteiger charge is 2.21. The molecule has 0 aliphatic carbocycles. The van der Waals surface area contributed by atoms with Gasteiger partial charge in [-0.1, -0.05) is 13.8 Å². The Morgan fingerprint density at radius 3 is 2.75 bits per heavy atom. The normalized spacial score (nSPS) is 14.1. The van der Waals surface area contributed by atoms with Crippen molar-refractivity contribution in [3.8, 4) is 0 Å². The molecule has 0 aliphatic heterocycles. The maximum atomic E-state index is 11.7. The second-order valence-electron chi connectivity index (χ2n) is 5.81. The Kier molecular flexibility index (Phi) is 6.42. The van der Waals surface area contributed by atoms with Gasteiger partial charge in [-0.2, -0.15) is 0 Å². The van der Waals surface area contributed by atoms with Gasteiger partial charge in [0.1, 0.15) is 0 Å². The van der Waals surface area contributed by atoms with E-state index in [4.69, 9.17) is 0 Å². The van der Waals surface area contributed by atoms with E-state index in [-0.39, 0.29) is 12.6 Å². The van der Waals surface area contributed by atoms with Gasteiger partial charge in [0.2, 0.25) is 0 Å². The number of rotatable bonds is 7. The van der Waals surface area contributed by atoms with Crippen LogP contribution in [0.4, 0.5) is 4.79 Å². The van der Waals surface area contributed by atoms with Gasteiger partial charge in [0, 0.05) is 17.6 Å². The molecule has 0 bridgehead atoms. The molecule has 1 rings (SSSR count). The van der Waals surface area contributed by atoms with Crippen LogP contribution >= 0.6 is 11.3 Å². The molecule has 1 unspecified atom stereocenters. The fraction of sp³-hybridized carbons (Fsp3) is 0.714. The highest BCUT2D eigenvalue weighted by Crippen LogP contribution is 2.15. The summed E-state index contributed by atoms with van der Waals surface area (Å²) in [6, 6.07) is -0.263. The number of carbonyl (C=O) groups excluding carboxylic acids is 1. The predicted octanol–water partition coefficient (Wildman–Crippen LogP) is 2.44. The number of amides is 2. The molecular weight excluding hydrogens is 274 g/mol. The lowest BCUT2D eigenvalue weighted by Gasteiger charge is -2.24. The van der Waals surface area contributed by atoms with E-state index in [1.807, 2.05) is 6.92 Å². The van der Waals surface area contributed by atoms with Crippen LogP contribution in [-0.2, 0) is 6.54 Å². The first-order valence-corrected chi connectivity index (χ1v) is 7.75. The Morgan fingerprint density at radius 2 is 2.20 bits per heavy atom. The first kappa shape index (κ1) is 16.9. The minimum atomic E-state index is -0.858. The molecule has 114 valence electrons. The largest absolute Gasteiger partial charge is 0.388 e. The van der Waals surface area contributed by atoms with Crippen LogP contribution in [0.5, 0.6) is 0 Å². The van der Waals surface area contributed by atoms with Crippen LogP contribution in [0.15, 0.2) is 6.20 Å². The number of aryl methyl sites for hydroxylation is 1. The molecular formula is C14H25N3O2S. The van der Waals surface area contributed by atoms with E-state index in [1.165, 1.54) is 0 Å². The summed E-state index contributed by atoms with van der Waals surface area (Å²) in [6.07, 6.45) is 3.38. The van der Waals surface area contributed by atoms with Crippen molar-refractivity contribution in [1.29, 1.82) is 0 Å². The van der Waals surface area contributed by atoms with Gasteiger partial charge < -0.3 is 15.7 Å². The molecule has 6 heteroatoms. The minimum Gasteiger partial charge on any atom is -0.388 e. The number of carbonyl (C=O) groups is 1. The summed E-state index contributed by atoms with van der Waals surface area (Å²) in [5.41, 5.74) is -0.858. The lowest BCUT2D eigenvalue weighted by molar-refractivity contribution is 0.0476. The highest BCUT2D eigenvalue weighted by molar-refractivity contribution is 7.11. The third-order valence-corrected chi connectivity index (χ3v) is 3.90. The van der Waals surface area contributed by atoms with E-state index in [0.717, 1.165) is 16.3 Å². The lowest BCUT2D eigenvalue weighted by Crippen LogP contribution is -2.44. The van der Waals surface area contributed by atoms with Crippen molar-refractivity contribution in [3.63, 3.8) is 0 Å². The van der Waals surface area contributed by atoms with Crippen molar-refractivity contribution in [1.82, 2.24) is 15.6 Å². The van der Waals surface area contributed by atoms with Crippen molar-refractivity contribution in [2.75, 3.05) is 6.54 Å².